The lowest BCUT2D eigenvalue weighted by Gasteiger charge is -2.28. The van der Waals surface area contributed by atoms with Gasteiger partial charge in [-0.15, -0.1) is 0 Å². The number of nitrogens with zero attached hydrogens (tertiary/aromatic N) is 4. The number of hydroxylamine groups is 5. The first-order chi connectivity index (χ1) is 28.1. The van der Waals surface area contributed by atoms with Crippen molar-refractivity contribution in [1.29, 1.82) is 0 Å². The quantitative estimate of drug-likeness (QED) is 0.0858. The van der Waals surface area contributed by atoms with Crippen molar-refractivity contribution < 1.29 is 48.1 Å². The fourth-order valence-electron chi connectivity index (χ4n) is 6.83. The van der Waals surface area contributed by atoms with Crippen LogP contribution in [-0.2, 0) is 42.2 Å². The zero-order valence-electron chi connectivity index (χ0n) is 32.9. The van der Waals surface area contributed by atoms with E-state index < -0.39 is 24.0 Å². The first kappa shape index (κ1) is 43.5. The molecule has 4 bridgehead atoms. The molecule has 4 heterocycles. The molecule has 5 N–H and O–H groups in total. The largest absolute Gasteiger partial charge is 0.425 e. The highest BCUT2D eigenvalue weighted by atomic mass is 16.7. The number of fused-ring (bicyclic) bond motifs is 4. The highest BCUT2D eigenvalue weighted by Crippen LogP contribution is 2.32. The minimum Gasteiger partial charge on any atom is -0.425 e. The molecule has 3 aromatic carbocycles. The van der Waals surface area contributed by atoms with Gasteiger partial charge in [0.25, 0.3) is 5.91 Å². The van der Waals surface area contributed by atoms with E-state index in [0.717, 1.165) is 30.4 Å². The summed E-state index contributed by atoms with van der Waals surface area (Å²) in [6.07, 6.45) is 4.32. The molecule has 0 radical (unpaired) electrons. The van der Waals surface area contributed by atoms with Crippen molar-refractivity contribution in [2.75, 3.05) is 26.3 Å². The van der Waals surface area contributed by atoms with E-state index in [1.807, 2.05) is 74.5 Å². The van der Waals surface area contributed by atoms with Crippen LogP contribution in [0.25, 0.3) is 0 Å². The summed E-state index contributed by atoms with van der Waals surface area (Å²) in [6, 6.07) is 23.5. The van der Waals surface area contributed by atoms with Crippen LogP contribution < -0.4 is 21.8 Å². The van der Waals surface area contributed by atoms with Gasteiger partial charge >= 0.3 is 18.0 Å². The molecule has 4 fully saturated rings. The summed E-state index contributed by atoms with van der Waals surface area (Å²) in [5.41, 5.74) is 9.94. The highest BCUT2D eigenvalue weighted by molar-refractivity contribution is 5.93. The summed E-state index contributed by atoms with van der Waals surface area (Å²) >= 11 is 0. The zero-order valence-corrected chi connectivity index (χ0v) is 32.9. The van der Waals surface area contributed by atoms with Crippen LogP contribution >= 0.6 is 0 Å². The molecule has 4 aliphatic rings. The van der Waals surface area contributed by atoms with E-state index in [9.17, 15) is 24.0 Å². The SMILES string of the molecule is CCCON.CCCONC(=O)[C@@H]1CC[C@@H]2CN1C(=O)N2OCc1ccccc1.NC(=O)c1ccc(OC(=O)[C@@H]2CC[C@@H]3CN2C(=O)N3OCc2ccccc2)cc1. The zero-order chi connectivity index (χ0) is 41.4. The van der Waals surface area contributed by atoms with Gasteiger partial charge in [-0.1, -0.05) is 74.5 Å². The molecule has 312 valence electrons. The van der Waals surface area contributed by atoms with Crippen molar-refractivity contribution in [2.45, 2.75) is 89.8 Å². The molecule has 0 aromatic heterocycles. The number of hydrogen-bond donors (Lipinski definition) is 3. The van der Waals surface area contributed by atoms with E-state index in [0.29, 0.717) is 63.5 Å². The summed E-state index contributed by atoms with van der Waals surface area (Å²) in [4.78, 5) is 85.1. The fraction of sp³-hybridized carbons (Fsp3) is 0.439. The third-order valence-electron chi connectivity index (χ3n) is 9.80. The number of piperidine rings is 2. The Morgan fingerprint density at radius 1 is 0.690 bits per heavy atom. The molecule has 4 saturated heterocycles. The van der Waals surface area contributed by atoms with Crippen molar-refractivity contribution in [2.24, 2.45) is 11.6 Å². The van der Waals surface area contributed by atoms with E-state index in [4.69, 9.17) is 25.0 Å². The van der Waals surface area contributed by atoms with Gasteiger partial charge in [0.1, 0.15) is 31.0 Å². The highest BCUT2D eigenvalue weighted by Gasteiger charge is 2.49. The van der Waals surface area contributed by atoms with Crippen LogP contribution in [0.5, 0.6) is 5.75 Å². The first-order valence-electron chi connectivity index (χ1n) is 19.5. The Morgan fingerprint density at radius 2 is 1.19 bits per heavy atom. The lowest BCUT2D eigenvalue weighted by atomic mass is 10.0. The number of primary amides is 1. The summed E-state index contributed by atoms with van der Waals surface area (Å²) < 4.78 is 5.41. The van der Waals surface area contributed by atoms with Gasteiger partial charge in [-0.2, -0.15) is 10.1 Å². The van der Waals surface area contributed by atoms with E-state index in [-0.39, 0.29) is 36.7 Å². The molecule has 4 aliphatic heterocycles. The van der Waals surface area contributed by atoms with Gasteiger partial charge in [0.05, 0.1) is 25.3 Å². The average molecular weight is 804 g/mol. The Labute approximate surface area is 337 Å². The summed E-state index contributed by atoms with van der Waals surface area (Å²) in [5, 5.41) is 2.80. The van der Waals surface area contributed by atoms with Crippen molar-refractivity contribution >= 4 is 29.8 Å². The molecule has 58 heavy (non-hydrogen) atoms. The number of carbonyl (C=O) groups is 5. The number of benzene rings is 3. The third-order valence-corrected chi connectivity index (χ3v) is 9.80. The molecule has 0 aliphatic carbocycles. The summed E-state index contributed by atoms with van der Waals surface area (Å²) in [7, 11) is 0. The van der Waals surface area contributed by atoms with Gasteiger partial charge in [-0.3, -0.25) is 24.1 Å². The van der Waals surface area contributed by atoms with Crippen molar-refractivity contribution in [3.05, 3.63) is 102 Å². The fourth-order valence-corrected chi connectivity index (χ4v) is 6.83. The van der Waals surface area contributed by atoms with E-state index in [1.54, 1.807) is 4.90 Å². The van der Waals surface area contributed by atoms with Crippen LogP contribution in [0, 0.1) is 0 Å². The third kappa shape index (κ3) is 11.5. The number of hydrogen-bond acceptors (Lipinski definition) is 11. The predicted molar refractivity (Wildman–Crippen MR) is 209 cm³/mol. The van der Waals surface area contributed by atoms with Gasteiger partial charge in [-0.05, 0) is 73.9 Å². The minimum absolute atomic E-state index is 0.00169. The lowest BCUT2D eigenvalue weighted by molar-refractivity contribution is -0.141. The number of nitrogens with one attached hydrogen (secondary N) is 1. The van der Waals surface area contributed by atoms with Gasteiger partial charge in [0.15, 0.2) is 0 Å². The maximum absolute atomic E-state index is 12.8. The van der Waals surface area contributed by atoms with Crippen LogP contribution in [-0.4, -0.2) is 100 Å². The Balaban J connectivity index is 0.000000201. The number of ether oxygens (including phenoxy) is 1. The number of nitrogens with two attached hydrogens (primary N) is 2. The number of rotatable bonds is 15. The maximum Gasteiger partial charge on any atom is 0.345 e. The second-order valence-corrected chi connectivity index (χ2v) is 14.0. The van der Waals surface area contributed by atoms with Gasteiger partial charge < -0.3 is 25.1 Å². The van der Waals surface area contributed by atoms with E-state index in [1.165, 1.54) is 39.3 Å². The normalized spacial score (nSPS) is 20.5. The molecule has 0 spiro atoms. The Hall–Kier alpha value is -5.59. The minimum atomic E-state index is -0.667. The average Bonchev–Trinajstić information content (AvgIpc) is 3.63. The number of urea groups is 2. The molecule has 17 heteroatoms. The number of carbonyl (C=O) groups excluding carboxylic acids is 5. The van der Waals surface area contributed by atoms with Crippen LogP contribution in [0.1, 0.15) is 73.9 Å². The van der Waals surface area contributed by atoms with Crippen LogP contribution in [0.15, 0.2) is 84.9 Å². The first-order valence-corrected chi connectivity index (χ1v) is 19.5. The number of esters is 1. The van der Waals surface area contributed by atoms with Crippen molar-refractivity contribution in [3.8, 4) is 5.75 Å². The molecule has 17 nitrogen and oxygen atoms in total. The summed E-state index contributed by atoms with van der Waals surface area (Å²) in [6.45, 7) is 6.66. The molecular formula is C41H53N7O10. The maximum atomic E-state index is 12.8. The second kappa shape index (κ2) is 21.8. The van der Waals surface area contributed by atoms with Crippen molar-refractivity contribution in [1.82, 2.24) is 25.4 Å². The van der Waals surface area contributed by atoms with Crippen molar-refractivity contribution in [3.63, 3.8) is 0 Å². The second-order valence-electron chi connectivity index (χ2n) is 14.0. The smallest absolute Gasteiger partial charge is 0.345 e. The Kier molecular flexibility index (Phi) is 16.4. The van der Waals surface area contributed by atoms with Crippen LogP contribution in [0.2, 0.25) is 0 Å². The molecule has 7 rings (SSSR count). The number of amides is 6. The van der Waals surface area contributed by atoms with Gasteiger partial charge in [0, 0.05) is 18.7 Å². The predicted octanol–water partition coefficient (Wildman–Crippen LogP) is 4.22. The standard InChI is InChI=1S/C21H21N3O5.C17H23N3O4.C3H9NO/c22-19(25)15-6-9-17(10-7-15)29-20(26)18-11-8-16-12-23(18)21(27)24(16)28-13-14-4-2-1-3-5-14;1-2-10-23-18-16(21)15-9-8-14-11-19(15)17(22)20(14)24-12-13-6-4-3-5-7-13;1-2-3-5-4/h1-7,9-10,16,18H,8,11-13H2,(H2,22,25);3-7,14-15H,2,8-12H2,1H3,(H,18,21);2-4H2,1H3/t16-,18+;14-,15+;/m11./s1. The van der Waals surface area contributed by atoms with Crippen LogP contribution in [0.3, 0.4) is 0 Å². The van der Waals surface area contributed by atoms with E-state index in [2.05, 4.69) is 16.2 Å². The summed E-state index contributed by atoms with van der Waals surface area (Å²) in [5.74, 6) is 3.61. The topological polar surface area (TPSA) is 209 Å². The molecule has 4 atom stereocenters. The van der Waals surface area contributed by atoms with Gasteiger partial charge in [0.2, 0.25) is 5.91 Å². The van der Waals surface area contributed by atoms with Crippen LogP contribution in [0.4, 0.5) is 9.59 Å². The lowest BCUT2D eigenvalue weighted by Crippen LogP contribution is -2.49. The molecule has 3 aromatic rings. The Bertz CT molecular complexity index is 1800. The molecular weight excluding hydrogens is 750 g/mol. The Morgan fingerprint density at radius 3 is 1.66 bits per heavy atom. The monoisotopic (exact) mass is 803 g/mol. The van der Waals surface area contributed by atoms with E-state index >= 15 is 0 Å². The molecule has 6 amide bonds. The molecule has 0 saturated carbocycles. The van der Waals surface area contributed by atoms with Gasteiger partial charge in [-0.25, -0.2) is 25.8 Å². The molecule has 0 unspecified atom stereocenters.